The Balaban J connectivity index is 1.50. The molecule has 0 aromatic heterocycles. The number of carbonyl (C=O) groups excluding carboxylic acids is 2. The molecule has 2 aliphatic rings. The van der Waals surface area contributed by atoms with Crippen LogP contribution in [0.4, 0.5) is 0 Å². The second kappa shape index (κ2) is 9.50. The number of nitrogens with zero attached hydrogens (tertiary/aromatic N) is 2. The predicted molar refractivity (Wildman–Crippen MR) is 119 cm³/mol. The molecule has 33 heavy (non-hydrogen) atoms. The number of piperazine rings is 1. The number of rotatable bonds is 6. The van der Waals surface area contributed by atoms with Crippen molar-refractivity contribution in [3.05, 3.63) is 58.7 Å². The first-order valence-electron chi connectivity index (χ1n) is 10.6. The van der Waals surface area contributed by atoms with Gasteiger partial charge in [-0.25, -0.2) is 18.0 Å². The van der Waals surface area contributed by atoms with Crippen LogP contribution in [-0.2, 0) is 32.5 Å². The molecule has 0 bridgehead atoms. The molecule has 2 aromatic rings. The van der Waals surface area contributed by atoms with E-state index in [0.29, 0.717) is 26.2 Å². The number of carbonyl (C=O) groups is 2. The van der Waals surface area contributed by atoms with Crippen LogP contribution in [-0.4, -0.2) is 76.6 Å². The molecule has 2 heterocycles. The van der Waals surface area contributed by atoms with Crippen LogP contribution in [0.2, 0.25) is 0 Å². The van der Waals surface area contributed by atoms with E-state index in [1.54, 1.807) is 0 Å². The highest BCUT2D eigenvalue weighted by Crippen LogP contribution is 2.27. The summed E-state index contributed by atoms with van der Waals surface area (Å²) >= 11 is 0. The highest BCUT2D eigenvalue weighted by molar-refractivity contribution is 7.89. The van der Waals surface area contributed by atoms with Crippen LogP contribution < -0.4 is 4.74 Å². The van der Waals surface area contributed by atoms with E-state index in [9.17, 15) is 18.0 Å². The SMILES string of the molecule is COC(=O)c1ccc(C(=O)OC)c(S(=O)(=O)N2CCN(Cc3ccc4c(c3)CCO4)CC2)c1. The van der Waals surface area contributed by atoms with Crippen LogP contribution in [0.5, 0.6) is 5.75 Å². The van der Waals surface area contributed by atoms with Gasteiger partial charge in [0.15, 0.2) is 0 Å². The fourth-order valence-electron chi connectivity index (χ4n) is 4.12. The van der Waals surface area contributed by atoms with Gasteiger partial charge in [0.1, 0.15) is 5.75 Å². The molecular weight excluding hydrogens is 448 g/mol. The molecule has 1 fully saturated rings. The Morgan fingerprint density at radius 3 is 2.39 bits per heavy atom. The highest BCUT2D eigenvalue weighted by atomic mass is 32.2. The maximum Gasteiger partial charge on any atom is 0.339 e. The first kappa shape index (κ1) is 23.2. The standard InChI is InChI=1S/C23H26N2O7S/c1-30-22(26)18-4-5-19(23(27)31-2)21(14-18)33(28,29)25-10-8-24(9-11-25)15-16-3-6-20-17(13-16)7-12-32-20/h3-6,13-14H,7-12,15H2,1-2H3. The first-order chi connectivity index (χ1) is 15.8. The van der Waals surface area contributed by atoms with Gasteiger partial charge in [-0.1, -0.05) is 12.1 Å². The van der Waals surface area contributed by atoms with E-state index in [0.717, 1.165) is 17.7 Å². The van der Waals surface area contributed by atoms with Crippen molar-refractivity contribution in [2.45, 2.75) is 17.9 Å². The summed E-state index contributed by atoms with van der Waals surface area (Å²) in [7, 11) is -1.65. The van der Waals surface area contributed by atoms with Gasteiger partial charge < -0.3 is 14.2 Å². The number of fused-ring (bicyclic) bond motifs is 1. The monoisotopic (exact) mass is 474 g/mol. The van der Waals surface area contributed by atoms with Crippen LogP contribution in [0.3, 0.4) is 0 Å². The molecule has 2 aromatic carbocycles. The maximum atomic E-state index is 13.4. The van der Waals surface area contributed by atoms with Gasteiger partial charge >= 0.3 is 11.9 Å². The summed E-state index contributed by atoms with van der Waals surface area (Å²) in [6, 6.07) is 9.96. The summed E-state index contributed by atoms with van der Waals surface area (Å²) in [5.41, 5.74) is 2.29. The Hall–Kier alpha value is -2.95. The largest absolute Gasteiger partial charge is 0.493 e. The summed E-state index contributed by atoms with van der Waals surface area (Å²) in [5.74, 6) is -0.540. The van der Waals surface area contributed by atoms with E-state index in [2.05, 4.69) is 11.0 Å². The predicted octanol–water partition coefficient (Wildman–Crippen LogP) is 1.70. The highest BCUT2D eigenvalue weighted by Gasteiger charge is 2.33. The Kier molecular flexibility index (Phi) is 6.68. The van der Waals surface area contributed by atoms with Crippen LogP contribution in [0, 0.1) is 0 Å². The molecule has 0 spiro atoms. The average Bonchev–Trinajstić information content (AvgIpc) is 3.31. The van der Waals surface area contributed by atoms with Gasteiger partial charge in [0, 0.05) is 39.1 Å². The minimum atomic E-state index is -4.03. The van der Waals surface area contributed by atoms with Gasteiger partial charge in [0.05, 0.1) is 36.8 Å². The molecule has 1 saturated heterocycles. The number of hydrogen-bond acceptors (Lipinski definition) is 8. The zero-order valence-electron chi connectivity index (χ0n) is 18.6. The Bertz CT molecular complexity index is 1170. The minimum Gasteiger partial charge on any atom is -0.493 e. The number of ether oxygens (including phenoxy) is 3. The fourth-order valence-corrected chi connectivity index (χ4v) is 5.75. The molecule has 0 atom stereocenters. The summed E-state index contributed by atoms with van der Waals surface area (Å²) in [4.78, 5) is 26.1. The molecule has 176 valence electrons. The lowest BCUT2D eigenvalue weighted by Crippen LogP contribution is -2.48. The smallest absolute Gasteiger partial charge is 0.339 e. The lowest BCUT2D eigenvalue weighted by atomic mass is 10.1. The Morgan fingerprint density at radius 1 is 0.970 bits per heavy atom. The number of hydrogen-bond donors (Lipinski definition) is 0. The van der Waals surface area contributed by atoms with Crippen LogP contribution >= 0.6 is 0 Å². The molecule has 9 nitrogen and oxygen atoms in total. The van der Waals surface area contributed by atoms with Gasteiger partial charge in [-0.2, -0.15) is 4.31 Å². The molecule has 4 rings (SSSR count). The zero-order valence-corrected chi connectivity index (χ0v) is 19.4. The van der Waals surface area contributed by atoms with E-state index in [4.69, 9.17) is 14.2 Å². The molecule has 0 saturated carbocycles. The lowest BCUT2D eigenvalue weighted by Gasteiger charge is -2.34. The number of benzene rings is 2. The minimum absolute atomic E-state index is 0.0444. The van der Waals surface area contributed by atoms with E-state index in [1.165, 1.54) is 42.3 Å². The van der Waals surface area contributed by atoms with Crippen molar-refractivity contribution in [3.63, 3.8) is 0 Å². The van der Waals surface area contributed by atoms with Crippen molar-refractivity contribution < 1.29 is 32.2 Å². The van der Waals surface area contributed by atoms with Crippen LogP contribution in [0.1, 0.15) is 31.8 Å². The second-order valence-electron chi connectivity index (χ2n) is 7.91. The van der Waals surface area contributed by atoms with Crippen molar-refractivity contribution in [2.24, 2.45) is 0 Å². The van der Waals surface area contributed by atoms with Crippen molar-refractivity contribution in [3.8, 4) is 5.75 Å². The van der Waals surface area contributed by atoms with Gasteiger partial charge in [-0.05, 0) is 35.4 Å². The van der Waals surface area contributed by atoms with E-state index in [-0.39, 0.29) is 29.1 Å². The third-order valence-corrected chi connectivity index (χ3v) is 7.86. The molecule has 2 aliphatic heterocycles. The van der Waals surface area contributed by atoms with Crippen LogP contribution in [0.15, 0.2) is 41.3 Å². The quantitative estimate of drug-likeness (QED) is 0.583. The normalized spacial score (nSPS) is 16.7. The second-order valence-corrected chi connectivity index (χ2v) is 9.82. The maximum absolute atomic E-state index is 13.4. The third kappa shape index (κ3) is 4.73. The van der Waals surface area contributed by atoms with Crippen molar-refractivity contribution in [1.82, 2.24) is 9.21 Å². The van der Waals surface area contributed by atoms with Gasteiger partial charge in [-0.3, -0.25) is 4.90 Å². The van der Waals surface area contributed by atoms with E-state index < -0.39 is 22.0 Å². The average molecular weight is 475 g/mol. The van der Waals surface area contributed by atoms with Crippen molar-refractivity contribution >= 4 is 22.0 Å². The van der Waals surface area contributed by atoms with E-state index >= 15 is 0 Å². The van der Waals surface area contributed by atoms with Gasteiger partial charge in [0.2, 0.25) is 10.0 Å². The number of sulfonamides is 1. The molecule has 0 amide bonds. The van der Waals surface area contributed by atoms with E-state index in [1.807, 2.05) is 12.1 Å². The van der Waals surface area contributed by atoms with Gasteiger partial charge in [-0.15, -0.1) is 0 Å². The van der Waals surface area contributed by atoms with Gasteiger partial charge in [0.25, 0.3) is 0 Å². The molecule has 0 N–H and O–H groups in total. The first-order valence-corrected chi connectivity index (χ1v) is 12.1. The van der Waals surface area contributed by atoms with Crippen molar-refractivity contribution in [1.29, 1.82) is 0 Å². The molecule has 0 aliphatic carbocycles. The topological polar surface area (TPSA) is 102 Å². The van der Waals surface area contributed by atoms with Crippen molar-refractivity contribution in [2.75, 3.05) is 47.0 Å². The molecule has 0 radical (unpaired) electrons. The number of esters is 2. The molecular formula is C23H26N2O7S. The fraction of sp³-hybridized carbons (Fsp3) is 0.391. The third-order valence-electron chi connectivity index (χ3n) is 5.92. The summed E-state index contributed by atoms with van der Waals surface area (Å²) in [6.45, 7) is 3.03. The molecule has 0 unspecified atom stereocenters. The Labute approximate surface area is 192 Å². The van der Waals surface area contributed by atoms with Crippen LogP contribution in [0.25, 0.3) is 0 Å². The summed E-state index contributed by atoms with van der Waals surface area (Å²) in [6.07, 6.45) is 0.905. The number of methoxy groups -OCH3 is 2. The molecule has 10 heteroatoms. The summed E-state index contributed by atoms with van der Waals surface area (Å²) in [5, 5.41) is 0. The zero-order chi connectivity index (χ0) is 23.6. The summed E-state index contributed by atoms with van der Waals surface area (Å²) < 4.78 is 43.2. The Morgan fingerprint density at radius 2 is 1.70 bits per heavy atom. The lowest BCUT2D eigenvalue weighted by molar-refractivity contribution is 0.0583.